The lowest BCUT2D eigenvalue weighted by Gasteiger charge is -2.25. The third-order valence-corrected chi connectivity index (χ3v) is 7.65. The summed E-state index contributed by atoms with van der Waals surface area (Å²) in [5, 5.41) is 0. The summed E-state index contributed by atoms with van der Waals surface area (Å²) in [5.74, 6) is 0.0823. The van der Waals surface area contributed by atoms with Crippen LogP contribution in [0.2, 0.25) is 0 Å². The van der Waals surface area contributed by atoms with Crippen LogP contribution >= 0.6 is 0 Å². The first kappa shape index (κ1) is 18.2. The van der Waals surface area contributed by atoms with Crippen molar-refractivity contribution in [3.05, 3.63) is 59.7 Å². The summed E-state index contributed by atoms with van der Waals surface area (Å²) in [6, 6.07) is 14.8. The van der Waals surface area contributed by atoms with Crippen LogP contribution in [0.5, 0.6) is 0 Å². The first-order valence-corrected chi connectivity index (χ1v) is 10.7. The Hall–Kier alpha value is -2.18. The van der Waals surface area contributed by atoms with Gasteiger partial charge in [-0.2, -0.15) is 4.31 Å². The Balaban J connectivity index is 1.56. The Morgan fingerprint density at radius 2 is 1.67 bits per heavy atom. The second kappa shape index (κ2) is 6.46. The molecule has 1 spiro atoms. The summed E-state index contributed by atoms with van der Waals surface area (Å²) in [6.45, 7) is 5.38. The molecule has 2 aliphatic rings. The van der Waals surface area contributed by atoms with E-state index in [2.05, 4.69) is 0 Å². The van der Waals surface area contributed by atoms with Gasteiger partial charge in [0.2, 0.25) is 15.9 Å². The average Bonchev–Trinajstić information content (AvgIpc) is 3.19. The van der Waals surface area contributed by atoms with Gasteiger partial charge in [-0.1, -0.05) is 35.9 Å². The van der Waals surface area contributed by atoms with Gasteiger partial charge in [0, 0.05) is 37.2 Å². The van der Waals surface area contributed by atoms with E-state index in [9.17, 15) is 13.2 Å². The Bertz CT molecular complexity index is 985. The molecule has 2 aliphatic heterocycles. The van der Waals surface area contributed by atoms with Crippen molar-refractivity contribution >= 4 is 21.6 Å². The molecule has 2 fully saturated rings. The van der Waals surface area contributed by atoms with Crippen LogP contribution < -0.4 is 4.90 Å². The van der Waals surface area contributed by atoms with E-state index in [0.717, 1.165) is 16.8 Å². The monoisotopic (exact) mass is 384 g/mol. The number of para-hydroxylation sites is 1. The smallest absolute Gasteiger partial charge is 0.243 e. The largest absolute Gasteiger partial charge is 0.312 e. The Labute approximate surface area is 160 Å². The minimum atomic E-state index is -3.52. The van der Waals surface area contributed by atoms with E-state index in [0.29, 0.717) is 37.4 Å². The molecule has 0 N–H and O–H groups in total. The lowest BCUT2D eigenvalue weighted by Crippen LogP contribution is -2.34. The van der Waals surface area contributed by atoms with E-state index in [1.54, 1.807) is 16.4 Å². The molecule has 2 aromatic rings. The molecule has 6 heteroatoms. The number of hydrogen-bond donors (Lipinski definition) is 0. The maximum atomic E-state index is 13.0. The van der Waals surface area contributed by atoms with E-state index in [-0.39, 0.29) is 11.3 Å². The maximum absolute atomic E-state index is 13.0. The van der Waals surface area contributed by atoms with Crippen LogP contribution in [-0.4, -0.2) is 38.3 Å². The zero-order chi connectivity index (χ0) is 19.2. The lowest BCUT2D eigenvalue weighted by molar-refractivity contribution is -0.117. The normalized spacial score (nSPS) is 23.5. The highest BCUT2D eigenvalue weighted by Crippen LogP contribution is 2.43. The maximum Gasteiger partial charge on any atom is 0.243 e. The molecule has 1 atom stereocenters. The number of rotatable bonds is 3. The number of carbonyl (C=O) groups is 1. The molecule has 2 aromatic carbocycles. The highest BCUT2D eigenvalue weighted by atomic mass is 32.2. The second-order valence-corrected chi connectivity index (χ2v) is 9.78. The molecule has 2 saturated heterocycles. The minimum Gasteiger partial charge on any atom is -0.312 e. The van der Waals surface area contributed by atoms with Gasteiger partial charge in [-0.05, 0) is 44.0 Å². The highest BCUT2D eigenvalue weighted by molar-refractivity contribution is 7.89. The third kappa shape index (κ3) is 3.17. The van der Waals surface area contributed by atoms with Gasteiger partial charge in [0.25, 0.3) is 0 Å². The molecule has 27 heavy (non-hydrogen) atoms. The van der Waals surface area contributed by atoms with E-state index in [1.807, 2.05) is 55.1 Å². The number of amides is 1. The SMILES string of the molecule is Cc1ccc(S(=O)(=O)N2CC[C@@]3(CC(=O)N(c4ccccc4C)C3)C2)cc1. The van der Waals surface area contributed by atoms with Crippen molar-refractivity contribution in [3.8, 4) is 0 Å². The molecule has 0 aliphatic carbocycles. The van der Waals surface area contributed by atoms with Gasteiger partial charge < -0.3 is 4.90 Å². The highest BCUT2D eigenvalue weighted by Gasteiger charge is 2.50. The van der Waals surface area contributed by atoms with Gasteiger partial charge in [0.15, 0.2) is 0 Å². The second-order valence-electron chi connectivity index (χ2n) is 7.84. The Morgan fingerprint density at radius 1 is 0.963 bits per heavy atom. The van der Waals surface area contributed by atoms with Crippen molar-refractivity contribution in [2.75, 3.05) is 24.5 Å². The fourth-order valence-corrected chi connectivity index (χ4v) is 5.77. The molecular formula is C21H24N2O3S. The van der Waals surface area contributed by atoms with Crippen LogP contribution in [0.25, 0.3) is 0 Å². The minimum absolute atomic E-state index is 0.0823. The number of carbonyl (C=O) groups excluding carboxylic acids is 1. The molecular weight excluding hydrogens is 360 g/mol. The third-order valence-electron chi connectivity index (χ3n) is 5.79. The van der Waals surface area contributed by atoms with E-state index < -0.39 is 10.0 Å². The van der Waals surface area contributed by atoms with Crippen LogP contribution in [0, 0.1) is 19.3 Å². The Morgan fingerprint density at radius 3 is 2.37 bits per heavy atom. The van der Waals surface area contributed by atoms with Crippen LogP contribution in [0.4, 0.5) is 5.69 Å². The van der Waals surface area contributed by atoms with Crippen molar-refractivity contribution in [1.82, 2.24) is 4.31 Å². The van der Waals surface area contributed by atoms with Gasteiger partial charge >= 0.3 is 0 Å². The van der Waals surface area contributed by atoms with Crippen molar-refractivity contribution in [3.63, 3.8) is 0 Å². The fourth-order valence-electron chi connectivity index (χ4n) is 4.21. The van der Waals surface area contributed by atoms with Crippen LogP contribution in [-0.2, 0) is 14.8 Å². The molecule has 5 nitrogen and oxygen atoms in total. The van der Waals surface area contributed by atoms with Crippen LogP contribution in [0.1, 0.15) is 24.0 Å². The first-order valence-electron chi connectivity index (χ1n) is 9.24. The molecule has 0 bridgehead atoms. The van der Waals surface area contributed by atoms with Gasteiger partial charge in [-0.3, -0.25) is 4.79 Å². The first-order chi connectivity index (χ1) is 12.8. The van der Waals surface area contributed by atoms with E-state index in [4.69, 9.17) is 0 Å². The summed E-state index contributed by atoms with van der Waals surface area (Å²) in [6.07, 6.45) is 1.12. The standard InChI is InChI=1S/C21H24N2O3S/c1-16-7-9-18(10-8-16)27(25,26)22-12-11-21(14-22)13-20(24)23(15-21)19-6-4-3-5-17(19)2/h3-10H,11-15H2,1-2H3/t21-/m1/s1. The predicted molar refractivity (Wildman–Crippen MR) is 105 cm³/mol. The van der Waals surface area contributed by atoms with E-state index in [1.165, 1.54) is 0 Å². The topological polar surface area (TPSA) is 57.7 Å². The molecule has 0 unspecified atom stereocenters. The molecule has 1 amide bonds. The molecule has 4 rings (SSSR count). The van der Waals surface area contributed by atoms with Crippen LogP contribution in [0.15, 0.2) is 53.4 Å². The summed E-state index contributed by atoms with van der Waals surface area (Å²) in [5.41, 5.74) is 2.73. The number of aryl methyl sites for hydroxylation is 2. The van der Waals surface area contributed by atoms with Gasteiger partial charge in [-0.15, -0.1) is 0 Å². The summed E-state index contributed by atoms with van der Waals surface area (Å²) in [4.78, 5) is 14.9. The molecule has 0 radical (unpaired) electrons. The van der Waals surface area contributed by atoms with Gasteiger partial charge in [0.1, 0.15) is 0 Å². The molecule has 2 heterocycles. The zero-order valence-corrected chi connectivity index (χ0v) is 16.5. The molecule has 142 valence electrons. The summed E-state index contributed by atoms with van der Waals surface area (Å²) >= 11 is 0. The Kier molecular flexibility index (Phi) is 4.35. The fraction of sp³-hybridized carbons (Fsp3) is 0.381. The number of anilines is 1. The number of benzene rings is 2. The lowest BCUT2D eigenvalue weighted by atomic mass is 9.86. The van der Waals surface area contributed by atoms with Gasteiger partial charge in [-0.25, -0.2) is 8.42 Å². The summed E-state index contributed by atoms with van der Waals surface area (Å²) < 4.78 is 27.5. The molecule has 0 aromatic heterocycles. The van der Waals surface area contributed by atoms with Gasteiger partial charge in [0.05, 0.1) is 4.90 Å². The van der Waals surface area contributed by atoms with Crippen molar-refractivity contribution in [1.29, 1.82) is 0 Å². The zero-order valence-electron chi connectivity index (χ0n) is 15.7. The van der Waals surface area contributed by atoms with Crippen molar-refractivity contribution in [2.24, 2.45) is 5.41 Å². The van der Waals surface area contributed by atoms with E-state index >= 15 is 0 Å². The molecule has 0 saturated carbocycles. The number of hydrogen-bond acceptors (Lipinski definition) is 3. The number of sulfonamides is 1. The average molecular weight is 385 g/mol. The number of nitrogens with zero attached hydrogens (tertiary/aromatic N) is 2. The predicted octanol–water partition coefficient (Wildman–Crippen LogP) is 3.12. The quantitative estimate of drug-likeness (QED) is 0.817. The van der Waals surface area contributed by atoms with Crippen LogP contribution in [0.3, 0.4) is 0 Å². The summed E-state index contributed by atoms with van der Waals surface area (Å²) in [7, 11) is -3.52. The van der Waals surface area contributed by atoms with Crippen molar-refractivity contribution in [2.45, 2.75) is 31.6 Å². The van der Waals surface area contributed by atoms with Crippen molar-refractivity contribution < 1.29 is 13.2 Å².